The number of rotatable bonds is 5. The van der Waals surface area contributed by atoms with Crippen LogP contribution >= 0.6 is 0 Å². The molecular formula is C30H33N5O2. The number of hydrazine groups is 2. The molecule has 0 bridgehead atoms. The highest BCUT2D eigenvalue weighted by Gasteiger charge is 2.31. The molecule has 0 saturated carbocycles. The molecule has 2 aliphatic heterocycles. The van der Waals surface area contributed by atoms with E-state index in [1.165, 1.54) is 10.6 Å². The molecule has 3 amide bonds. The van der Waals surface area contributed by atoms with Crippen LogP contribution in [0.4, 0.5) is 4.79 Å². The smallest absolute Gasteiger partial charge is 0.340 e. The molecule has 7 heteroatoms. The Bertz CT molecular complexity index is 1290. The molecule has 0 spiro atoms. The number of carbonyl (C=O) groups excluding carboxylic acids is 2. The van der Waals surface area contributed by atoms with Gasteiger partial charge in [-0.3, -0.25) is 4.79 Å². The summed E-state index contributed by atoms with van der Waals surface area (Å²) in [5.41, 5.74) is 11.7. The Morgan fingerprint density at radius 1 is 0.892 bits per heavy atom. The Labute approximate surface area is 218 Å². The summed E-state index contributed by atoms with van der Waals surface area (Å²) in [6.07, 6.45) is 5.86. The van der Waals surface area contributed by atoms with Crippen molar-refractivity contribution in [1.82, 2.24) is 25.8 Å². The standard InChI is InChI=1S/C30H33N5O2/c1-33(2)29(36)27-14-7-6-13-26(27)23-15-17-24(18-16-23)28-21-35(32-31-28)30(37)34-19-9-8-12-25(34)20-22-10-4-3-5-11-22/h3-7,10-11,13-18,21,25,31-32H,8-9,12,19-20H2,1-2H3. The zero-order valence-electron chi connectivity index (χ0n) is 21.4. The van der Waals surface area contributed by atoms with Crippen LogP contribution in [0.1, 0.15) is 40.7 Å². The number of hydrogen-bond acceptors (Lipinski definition) is 4. The van der Waals surface area contributed by atoms with E-state index in [1.807, 2.05) is 65.7 Å². The van der Waals surface area contributed by atoms with Crippen molar-refractivity contribution in [3.63, 3.8) is 0 Å². The van der Waals surface area contributed by atoms with Crippen LogP contribution in [0.15, 0.2) is 85.1 Å². The Hall–Kier alpha value is -4.10. The quantitative estimate of drug-likeness (QED) is 0.529. The Morgan fingerprint density at radius 2 is 1.59 bits per heavy atom. The van der Waals surface area contributed by atoms with Crippen molar-refractivity contribution in [2.24, 2.45) is 0 Å². The molecule has 0 radical (unpaired) electrons. The molecule has 3 aromatic carbocycles. The van der Waals surface area contributed by atoms with E-state index in [2.05, 4.69) is 35.2 Å². The summed E-state index contributed by atoms with van der Waals surface area (Å²) in [4.78, 5) is 29.7. The largest absolute Gasteiger partial charge is 0.345 e. The van der Waals surface area contributed by atoms with E-state index in [-0.39, 0.29) is 18.0 Å². The van der Waals surface area contributed by atoms with Gasteiger partial charge in [0.25, 0.3) is 5.91 Å². The number of piperidine rings is 1. The van der Waals surface area contributed by atoms with Gasteiger partial charge in [0.1, 0.15) is 0 Å². The van der Waals surface area contributed by atoms with Crippen LogP contribution in [0.5, 0.6) is 0 Å². The number of nitrogens with one attached hydrogen (secondary N) is 2. The second-order valence-corrected chi connectivity index (χ2v) is 9.79. The van der Waals surface area contributed by atoms with E-state index in [4.69, 9.17) is 0 Å². The molecule has 1 saturated heterocycles. The molecule has 3 aromatic rings. The van der Waals surface area contributed by atoms with E-state index in [0.29, 0.717) is 5.56 Å². The first-order valence-corrected chi connectivity index (χ1v) is 12.8. The lowest BCUT2D eigenvalue weighted by atomic mass is 9.96. The number of nitrogens with zero attached hydrogens (tertiary/aromatic N) is 3. The molecule has 7 nitrogen and oxygen atoms in total. The third-order valence-electron chi connectivity index (χ3n) is 7.03. The van der Waals surface area contributed by atoms with E-state index < -0.39 is 0 Å². The predicted octanol–water partition coefficient (Wildman–Crippen LogP) is 4.90. The summed E-state index contributed by atoms with van der Waals surface area (Å²) in [6, 6.07) is 26.2. The number of benzene rings is 3. The SMILES string of the molecule is CN(C)C(=O)c1ccccc1-c1ccc(C2=CN(C(=O)N3CCCCC3Cc3ccccc3)NN2)cc1. The number of amides is 3. The van der Waals surface area contributed by atoms with Crippen molar-refractivity contribution in [2.45, 2.75) is 31.7 Å². The molecule has 2 N–H and O–H groups in total. The van der Waals surface area contributed by atoms with Crippen LogP contribution in [-0.4, -0.2) is 53.4 Å². The fraction of sp³-hybridized carbons (Fsp3) is 0.267. The van der Waals surface area contributed by atoms with Gasteiger partial charge < -0.3 is 15.2 Å². The van der Waals surface area contributed by atoms with Gasteiger partial charge in [0.15, 0.2) is 0 Å². The lowest BCUT2D eigenvalue weighted by Crippen LogP contribution is -2.53. The van der Waals surface area contributed by atoms with E-state index in [0.717, 1.165) is 54.6 Å². The van der Waals surface area contributed by atoms with Crippen molar-refractivity contribution in [3.8, 4) is 11.1 Å². The van der Waals surface area contributed by atoms with Crippen LogP contribution in [0.25, 0.3) is 16.8 Å². The molecule has 1 atom stereocenters. The van der Waals surface area contributed by atoms with Crippen molar-refractivity contribution in [3.05, 3.63) is 102 Å². The zero-order valence-corrected chi connectivity index (χ0v) is 21.4. The predicted molar refractivity (Wildman–Crippen MR) is 146 cm³/mol. The van der Waals surface area contributed by atoms with Gasteiger partial charge in [-0.05, 0) is 48.4 Å². The number of urea groups is 1. The van der Waals surface area contributed by atoms with Crippen LogP contribution in [0.2, 0.25) is 0 Å². The maximum atomic E-state index is 13.4. The molecule has 2 aliphatic rings. The lowest BCUT2D eigenvalue weighted by Gasteiger charge is -2.37. The molecule has 0 aliphatic carbocycles. The minimum absolute atomic E-state index is 0.0264. The van der Waals surface area contributed by atoms with Crippen molar-refractivity contribution in [2.75, 3.05) is 20.6 Å². The summed E-state index contributed by atoms with van der Waals surface area (Å²) in [5.74, 6) is -0.0264. The van der Waals surface area contributed by atoms with E-state index in [9.17, 15) is 9.59 Å². The van der Waals surface area contributed by atoms with Gasteiger partial charge in [-0.2, -0.15) is 0 Å². The molecule has 0 aromatic heterocycles. The van der Waals surface area contributed by atoms with Crippen LogP contribution < -0.4 is 11.0 Å². The summed E-state index contributed by atoms with van der Waals surface area (Å²) < 4.78 is 0. The second-order valence-electron chi connectivity index (χ2n) is 9.79. The second kappa shape index (κ2) is 10.9. The molecule has 37 heavy (non-hydrogen) atoms. The first kappa shape index (κ1) is 24.6. The first-order chi connectivity index (χ1) is 18.0. The molecule has 190 valence electrons. The Kier molecular flexibility index (Phi) is 7.23. The molecular weight excluding hydrogens is 462 g/mol. The minimum atomic E-state index is -0.0455. The van der Waals surface area contributed by atoms with Gasteiger partial charge in [0, 0.05) is 37.8 Å². The molecule has 1 fully saturated rings. The van der Waals surface area contributed by atoms with Crippen LogP contribution in [-0.2, 0) is 6.42 Å². The highest BCUT2D eigenvalue weighted by atomic mass is 16.2. The first-order valence-electron chi connectivity index (χ1n) is 12.8. The number of likely N-dealkylation sites (tertiary alicyclic amines) is 1. The Morgan fingerprint density at radius 3 is 2.35 bits per heavy atom. The third kappa shape index (κ3) is 5.37. The van der Waals surface area contributed by atoms with Crippen molar-refractivity contribution >= 4 is 17.6 Å². The average Bonchev–Trinajstić information content (AvgIpc) is 3.44. The molecule has 1 unspecified atom stereocenters. The maximum absolute atomic E-state index is 13.4. The van der Waals surface area contributed by atoms with Crippen LogP contribution in [0, 0.1) is 0 Å². The molecule has 5 rings (SSSR count). The van der Waals surface area contributed by atoms with Gasteiger partial charge in [0.05, 0.1) is 11.9 Å². The van der Waals surface area contributed by atoms with Crippen molar-refractivity contribution < 1.29 is 9.59 Å². The topological polar surface area (TPSA) is 67.9 Å². The van der Waals surface area contributed by atoms with Gasteiger partial charge in [-0.25, -0.2) is 9.80 Å². The van der Waals surface area contributed by atoms with Crippen LogP contribution in [0.3, 0.4) is 0 Å². The normalized spacial score (nSPS) is 17.2. The number of carbonyl (C=O) groups is 2. The third-order valence-corrected chi connectivity index (χ3v) is 7.03. The minimum Gasteiger partial charge on any atom is -0.345 e. The van der Waals surface area contributed by atoms with Gasteiger partial charge in [-0.1, -0.05) is 72.8 Å². The fourth-order valence-electron chi connectivity index (χ4n) is 5.04. The van der Waals surface area contributed by atoms with Gasteiger partial charge in [-0.15, -0.1) is 5.53 Å². The Balaban J connectivity index is 1.31. The summed E-state index contributed by atoms with van der Waals surface area (Å²) >= 11 is 0. The molecule has 2 heterocycles. The van der Waals surface area contributed by atoms with Gasteiger partial charge in [0.2, 0.25) is 0 Å². The fourth-order valence-corrected chi connectivity index (χ4v) is 5.04. The van der Waals surface area contributed by atoms with E-state index in [1.54, 1.807) is 19.0 Å². The van der Waals surface area contributed by atoms with E-state index >= 15 is 0 Å². The monoisotopic (exact) mass is 495 g/mol. The lowest BCUT2D eigenvalue weighted by molar-refractivity contribution is 0.0828. The summed E-state index contributed by atoms with van der Waals surface area (Å²) in [7, 11) is 3.52. The summed E-state index contributed by atoms with van der Waals surface area (Å²) in [5, 5.41) is 1.54. The van der Waals surface area contributed by atoms with Gasteiger partial charge >= 0.3 is 6.03 Å². The summed E-state index contributed by atoms with van der Waals surface area (Å²) in [6.45, 7) is 0.761. The zero-order chi connectivity index (χ0) is 25.8. The highest BCUT2D eigenvalue weighted by Crippen LogP contribution is 2.27. The number of hydrogen-bond donors (Lipinski definition) is 2. The maximum Gasteiger partial charge on any atom is 0.340 e. The highest BCUT2D eigenvalue weighted by molar-refractivity contribution is 6.00. The van der Waals surface area contributed by atoms with Crippen molar-refractivity contribution in [1.29, 1.82) is 0 Å². The average molecular weight is 496 g/mol.